The van der Waals surface area contributed by atoms with Gasteiger partial charge in [0.25, 0.3) is 0 Å². The van der Waals surface area contributed by atoms with Crippen LogP contribution in [-0.4, -0.2) is 46.1 Å². The smallest absolute Gasteiger partial charge is 0.222 e. The fraction of sp³-hybridized carbons (Fsp3) is 0.885. The lowest BCUT2D eigenvalue weighted by molar-refractivity contribution is -0.124. The molecule has 1 amide bonds. The number of hydrogen-bond donors (Lipinski definition) is 4. The molecule has 0 saturated heterocycles. The maximum absolute atomic E-state index is 12.1. The summed E-state index contributed by atoms with van der Waals surface area (Å²) < 4.78 is 0. The van der Waals surface area contributed by atoms with Crippen molar-refractivity contribution in [2.75, 3.05) is 6.61 Å². The molecule has 0 aliphatic heterocycles. The number of allylic oxidation sites excluding steroid dienone is 1. The molecule has 5 heteroatoms. The fourth-order valence-corrected chi connectivity index (χ4v) is 3.75. The SMILES string of the molecule is CCCCCCCCC/C=C/C(O)C(CO)NC(=O)CC(O)CCCCCCCCC. The van der Waals surface area contributed by atoms with Crippen molar-refractivity contribution < 1.29 is 20.1 Å². The van der Waals surface area contributed by atoms with E-state index in [1.165, 1.54) is 70.6 Å². The minimum Gasteiger partial charge on any atom is -0.394 e. The average Bonchev–Trinajstić information content (AvgIpc) is 2.75. The van der Waals surface area contributed by atoms with Crippen LogP contribution in [0.2, 0.25) is 0 Å². The first-order valence-electron chi connectivity index (χ1n) is 13.0. The molecule has 0 fully saturated rings. The molecule has 3 unspecified atom stereocenters. The maximum Gasteiger partial charge on any atom is 0.222 e. The van der Waals surface area contributed by atoms with Crippen LogP contribution < -0.4 is 5.32 Å². The minimum absolute atomic E-state index is 0.0147. The van der Waals surface area contributed by atoms with E-state index in [2.05, 4.69) is 19.2 Å². The lowest BCUT2D eigenvalue weighted by Crippen LogP contribution is -2.45. The summed E-state index contributed by atoms with van der Waals surface area (Å²) >= 11 is 0. The number of amides is 1. The highest BCUT2D eigenvalue weighted by Crippen LogP contribution is 2.12. The quantitative estimate of drug-likeness (QED) is 0.133. The molecule has 5 nitrogen and oxygen atoms in total. The molecule has 0 heterocycles. The molecule has 0 bridgehead atoms. The van der Waals surface area contributed by atoms with Crippen molar-refractivity contribution in [1.82, 2.24) is 5.32 Å². The Bertz CT molecular complexity index is 428. The van der Waals surface area contributed by atoms with Gasteiger partial charge < -0.3 is 20.6 Å². The number of unbranched alkanes of at least 4 members (excludes halogenated alkanes) is 13. The van der Waals surface area contributed by atoms with Crippen LogP contribution in [0, 0.1) is 0 Å². The van der Waals surface area contributed by atoms with E-state index in [1.807, 2.05) is 6.08 Å². The monoisotopic (exact) mass is 441 g/mol. The minimum atomic E-state index is -0.918. The summed E-state index contributed by atoms with van der Waals surface area (Å²) in [5.41, 5.74) is 0. The zero-order valence-corrected chi connectivity index (χ0v) is 20.4. The zero-order chi connectivity index (χ0) is 23.2. The van der Waals surface area contributed by atoms with Crippen LogP contribution in [0.25, 0.3) is 0 Å². The Kier molecular flexibility index (Phi) is 21.6. The van der Waals surface area contributed by atoms with Gasteiger partial charge in [-0.1, -0.05) is 109 Å². The maximum atomic E-state index is 12.1. The number of carbonyl (C=O) groups excluding carboxylic acids is 1. The van der Waals surface area contributed by atoms with E-state index in [1.54, 1.807) is 6.08 Å². The molecule has 31 heavy (non-hydrogen) atoms. The van der Waals surface area contributed by atoms with Crippen molar-refractivity contribution in [3.8, 4) is 0 Å². The second-order valence-electron chi connectivity index (χ2n) is 8.95. The van der Waals surface area contributed by atoms with Crippen molar-refractivity contribution in [2.24, 2.45) is 0 Å². The molecule has 0 saturated carbocycles. The van der Waals surface area contributed by atoms with Crippen LogP contribution in [0.3, 0.4) is 0 Å². The van der Waals surface area contributed by atoms with E-state index in [9.17, 15) is 20.1 Å². The number of aliphatic hydroxyl groups excluding tert-OH is 3. The Balaban J connectivity index is 3.92. The number of carbonyl (C=O) groups is 1. The fourth-order valence-electron chi connectivity index (χ4n) is 3.75. The van der Waals surface area contributed by atoms with Gasteiger partial charge in [0.05, 0.1) is 31.3 Å². The van der Waals surface area contributed by atoms with Gasteiger partial charge in [0.15, 0.2) is 0 Å². The Hall–Kier alpha value is -0.910. The third-order valence-electron chi connectivity index (χ3n) is 5.82. The second-order valence-corrected chi connectivity index (χ2v) is 8.95. The molecule has 0 aliphatic rings. The second kappa shape index (κ2) is 22.3. The van der Waals surface area contributed by atoms with Gasteiger partial charge in [-0.3, -0.25) is 4.79 Å². The van der Waals surface area contributed by atoms with Crippen molar-refractivity contribution in [3.05, 3.63) is 12.2 Å². The summed E-state index contributed by atoms with van der Waals surface area (Å²) in [6, 6.07) is -0.733. The Morgan fingerprint density at radius 1 is 0.806 bits per heavy atom. The Labute approximate surface area is 191 Å². The molecule has 0 spiro atoms. The summed E-state index contributed by atoms with van der Waals surface area (Å²) in [4.78, 5) is 12.1. The van der Waals surface area contributed by atoms with Crippen LogP contribution in [0.4, 0.5) is 0 Å². The molecular weight excluding hydrogens is 390 g/mol. The van der Waals surface area contributed by atoms with E-state index in [0.717, 1.165) is 25.7 Å². The van der Waals surface area contributed by atoms with Crippen molar-refractivity contribution in [2.45, 2.75) is 141 Å². The van der Waals surface area contributed by atoms with Crippen molar-refractivity contribution >= 4 is 5.91 Å². The highest BCUT2D eigenvalue weighted by molar-refractivity contribution is 5.76. The van der Waals surface area contributed by atoms with Gasteiger partial charge in [0, 0.05) is 0 Å². The van der Waals surface area contributed by atoms with E-state index in [4.69, 9.17) is 0 Å². The first-order chi connectivity index (χ1) is 15.0. The van der Waals surface area contributed by atoms with Gasteiger partial charge in [-0.2, -0.15) is 0 Å². The predicted molar refractivity (Wildman–Crippen MR) is 130 cm³/mol. The first kappa shape index (κ1) is 30.1. The average molecular weight is 442 g/mol. The molecule has 0 aromatic rings. The Morgan fingerprint density at radius 2 is 1.32 bits per heavy atom. The number of nitrogens with one attached hydrogen (secondary N) is 1. The van der Waals surface area contributed by atoms with Gasteiger partial charge >= 0.3 is 0 Å². The van der Waals surface area contributed by atoms with Crippen LogP contribution in [0.1, 0.15) is 123 Å². The van der Waals surface area contributed by atoms with Crippen molar-refractivity contribution in [1.29, 1.82) is 0 Å². The molecule has 0 aliphatic carbocycles. The summed E-state index contributed by atoms with van der Waals surface area (Å²) in [5.74, 6) is -0.325. The summed E-state index contributed by atoms with van der Waals surface area (Å²) in [5, 5.41) is 32.5. The topological polar surface area (TPSA) is 89.8 Å². The molecule has 0 radical (unpaired) electrons. The van der Waals surface area contributed by atoms with Gasteiger partial charge in [-0.25, -0.2) is 0 Å². The number of aliphatic hydroxyl groups is 3. The lowest BCUT2D eigenvalue weighted by atomic mass is 10.0. The van der Waals surface area contributed by atoms with E-state index >= 15 is 0 Å². The van der Waals surface area contributed by atoms with Gasteiger partial charge in [-0.15, -0.1) is 0 Å². The van der Waals surface area contributed by atoms with Crippen molar-refractivity contribution in [3.63, 3.8) is 0 Å². The summed E-state index contributed by atoms with van der Waals surface area (Å²) in [7, 11) is 0. The van der Waals surface area contributed by atoms with Gasteiger partial charge in [0.2, 0.25) is 5.91 Å². The third kappa shape index (κ3) is 19.5. The van der Waals surface area contributed by atoms with Crippen LogP contribution in [0.15, 0.2) is 12.2 Å². The third-order valence-corrected chi connectivity index (χ3v) is 5.82. The number of hydrogen-bond acceptors (Lipinski definition) is 4. The van der Waals surface area contributed by atoms with Crippen LogP contribution >= 0.6 is 0 Å². The molecule has 0 rings (SSSR count). The molecule has 3 atom stereocenters. The molecule has 184 valence electrons. The molecule has 0 aromatic carbocycles. The van der Waals surface area contributed by atoms with E-state index in [0.29, 0.717) is 6.42 Å². The molecular formula is C26H51NO4. The van der Waals surface area contributed by atoms with E-state index in [-0.39, 0.29) is 18.9 Å². The Morgan fingerprint density at radius 3 is 1.87 bits per heavy atom. The van der Waals surface area contributed by atoms with Gasteiger partial charge in [-0.05, 0) is 19.3 Å². The number of rotatable bonds is 22. The lowest BCUT2D eigenvalue weighted by Gasteiger charge is -2.21. The van der Waals surface area contributed by atoms with E-state index < -0.39 is 18.2 Å². The molecule has 0 aromatic heterocycles. The zero-order valence-electron chi connectivity index (χ0n) is 20.4. The highest BCUT2D eigenvalue weighted by atomic mass is 16.3. The first-order valence-corrected chi connectivity index (χ1v) is 13.0. The summed E-state index contributed by atoms with van der Waals surface area (Å²) in [6.45, 7) is 4.09. The predicted octanol–water partition coefficient (Wildman–Crippen LogP) is 5.41. The van der Waals surface area contributed by atoms with Gasteiger partial charge in [0.1, 0.15) is 0 Å². The standard InChI is InChI=1S/C26H51NO4/c1-3-5-7-9-11-12-14-16-18-20-25(30)24(22-28)27-26(31)21-23(29)19-17-15-13-10-8-6-4-2/h18,20,23-25,28-30H,3-17,19,21-22H2,1-2H3,(H,27,31)/b20-18+. The normalized spacial score (nSPS) is 14.6. The highest BCUT2D eigenvalue weighted by Gasteiger charge is 2.19. The largest absolute Gasteiger partial charge is 0.394 e. The summed E-state index contributed by atoms with van der Waals surface area (Å²) in [6.07, 6.45) is 20.5. The van der Waals surface area contributed by atoms with Crippen LogP contribution in [0.5, 0.6) is 0 Å². The van der Waals surface area contributed by atoms with Crippen LogP contribution in [-0.2, 0) is 4.79 Å². The molecule has 4 N–H and O–H groups in total.